The van der Waals surface area contributed by atoms with Crippen molar-refractivity contribution in [1.82, 2.24) is 14.5 Å². The van der Waals surface area contributed by atoms with Gasteiger partial charge in [-0.15, -0.1) is 0 Å². The zero-order chi connectivity index (χ0) is 25.2. The lowest BCUT2D eigenvalue weighted by Crippen LogP contribution is -2.42. The summed E-state index contributed by atoms with van der Waals surface area (Å²) in [5, 5.41) is 12.4. The molecule has 1 amide bonds. The minimum absolute atomic E-state index is 0.0823. The summed E-state index contributed by atoms with van der Waals surface area (Å²) in [7, 11) is 3.04. The second kappa shape index (κ2) is 9.91. The maximum atomic E-state index is 12.9. The molecule has 0 bridgehead atoms. The van der Waals surface area contributed by atoms with Crippen LogP contribution in [0.1, 0.15) is 39.7 Å². The molecule has 0 unspecified atom stereocenters. The molecule has 1 atom stereocenters. The highest BCUT2D eigenvalue weighted by molar-refractivity contribution is 5.99. The number of aliphatic carboxylic acids is 1. The van der Waals surface area contributed by atoms with Gasteiger partial charge in [0.15, 0.2) is 0 Å². The molecule has 0 spiro atoms. The van der Waals surface area contributed by atoms with E-state index in [-0.39, 0.29) is 6.42 Å². The molecule has 1 aromatic heterocycles. The van der Waals surface area contributed by atoms with Crippen LogP contribution in [0.25, 0.3) is 11.1 Å². The average molecular weight is 464 g/mol. The number of amides is 1. The summed E-state index contributed by atoms with van der Waals surface area (Å²) in [5.74, 6) is -1.55. The normalized spacial score (nSPS) is 11.8. The van der Waals surface area contributed by atoms with Gasteiger partial charge in [0.25, 0.3) is 11.5 Å². The number of hydrogen-bond donors (Lipinski definition) is 2. The lowest BCUT2D eigenvalue weighted by atomic mass is 9.98. The number of carbonyl (C=O) groups excluding carboxylic acids is 1. The van der Waals surface area contributed by atoms with Gasteiger partial charge in [0.1, 0.15) is 6.04 Å². The molecular formula is C26H29N3O5. The number of aromatic nitrogens is 2. The van der Waals surface area contributed by atoms with E-state index in [1.807, 2.05) is 32.0 Å². The standard InChI is InChI=1S/C26H29N3O5/c1-6-18-9-7-8-15(2)21(18)23(30)27-20(25(32)33)14-17-10-12-19(13-11-17)22-16(3)28(4)26(34)29(5)24(22)31/h7-13,20H,6,14H2,1-5H3,(H,27,30)(H,32,33)/t20-/m0/s1. The predicted molar refractivity (Wildman–Crippen MR) is 130 cm³/mol. The molecule has 3 aromatic rings. The minimum atomic E-state index is -1.13. The van der Waals surface area contributed by atoms with Crippen molar-refractivity contribution in [3.63, 3.8) is 0 Å². The van der Waals surface area contributed by atoms with E-state index >= 15 is 0 Å². The van der Waals surface area contributed by atoms with E-state index < -0.39 is 29.2 Å². The van der Waals surface area contributed by atoms with Crippen LogP contribution in [0.5, 0.6) is 0 Å². The van der Waals surface area contributed by atoms with E-state index in [0.29, 0.717) is 34.4 Å². The fourth-order valence-corrected chi connectivity index (χ4v) is 4.10. The number of carboxylic acid groups (broad SMARTS) is 1. The highest BCUT2D eigenvalue weighted by Gasteiger charge is 2.23. The molecule has 178 valence electrons. The van der Waals surface area contributed by atoms with Crippen molar-refractivity contribution >= 4 is 11.9 Å². The van der Waals surface area contributed by atoms with Crippen LogP contribution in [-0.4, -0.2) is 32.2 Å². The van der Waals surface area contributed by atoms with Crippen LogP contribution >= 0.6 is 0 Å². The van der Waals surface area contributed by atoms with Crippen LogP contribution in [-0.2, 0) is 31.7 Å². The van der Waals surface area contributed by atoms with Crippen LogP contribution in [0.15, 0.2) is 52.1 Å². The van der Waals surface area contributed by atoms with Crippen molar-refractivity contribution in [2.75, 3.05) is 0 Å². The molecule has 2 N–H and O–H groups in total. The second-order valence-electron chi connectivity index (χ2n) is 8.39. The highest BCUT2D eigenvalue weighted by atomic mass is 16.4. The third-order valence-corrected chi connectivity index (χ3v) is 6.21. The van der Waals surface area contributed by atoms with Gasteiger partial charge in [-0.05, 0) is 42.5 Å². The summed E-state index contributed by atoms with van der Waals surface area (Å²) in [6.07, 6.45) is 0.743. The van der Waals surface area contributed by atoms with Gasteiger partial charge in [-0.25, -0.2) is 9.59 Å². The molecule has 0 aliphatic rings. The quantitative estimate of drug-likeness (QED) is 0.559. The smallest absolute Gasteiger partial charge is 0.330 e. The molecule has 8 heteroatoms. The molecule has 8 nitrogen and oxygen atoms in total. The first-order chi connectivity index (χ1) is 16.1. The molecule has 2 aromatic carbocycles. The molecule has 0 saturated heterocycles. The molecule has 34 heavy (non-hydrogen) atoms. The second-order valence-corrected chi connectivity index (χ2v) is 8.39. The minimum Gasteiger partial charge on any atom is -0.480 e. The monoisotopic (exact) mass is 463 g/mol. The zero-order valence-corrected chi connectivity index (χ0v) is 20.0. The average Bonchev–Trinajstić information content (AvgIpc) is 2.81. The van der Waals surface area contributed by atoms with E-state index in [9.17, 15) is 24.3 Å². The van der Waals surface area contributed by atoms with Crippen LogP contribution < -0.4 is 16.6 Å². The maximum Gasteiger partial charge on any atom is 0.330 e. The fourth-order valence-electron chi connectivity index (χ4n) is 4.10. The first kappa shape index (κ1) is 24.7. The number of carbonyl (C=O) groups is 2. The Kier molecular flexibility index (Phi) is 7.20. The number of nitrogens with one attached hydrogen (secondary N) is 1. The summed E-state index contributed by atoms with van der Waals surface area (Å²) in [4.78, 5) is 49.6. The molecule has 0 radical (unpaired) electrons. The Labute approximate surface area is 197 Å². The molecule has 0 saturated carbocycles. The Morgan fingerprint density at radius 1 is 1.00 bits per heavy atom. The van der Waals surface area contributed by atoms with Gasteiger partial charge >= 0.3 is 11.7 Å². The maximum absolute atomic E-state index is 12.9. The Hall–Kier alpha value is -3.94. The van der Waals surface area contributed by atoms with Gasteiger partial charge in [0.2, 0.25) is 0 Å². The summed E-state index contributed by atoms with van der Waals surface area (Å²) in [6.45, 7) is 5.48. The number of aryl methyl sites for hydroxylation is 2. The lowest BCUT2D eigenvalue weighted by Gasteiger charge is -2.18. The Morgan fingerprint density at radius 2 is 1.65 bits per heavy atom. The number of nitrogens with zero attached hydrogens (tertiary/aromatic N) is 2. The van der Waals surface area contributed by atoms with E-state index in [0.717, 1.165) is 15.7 Å². The SMILES string of the molecule is CCc1cccc(C)c1C(=O)N[C@@H](Cc1ccc(-c2c(C)n(C)c(=O)n(C)c2=O)cc1)C(=O)O. The van der Waals surface area contributed by atoms with Gasteiger partial charge in [-0.1, -0.05) is 49.4 Å². The Balaban J connectivity index is 1.87. The van der Waals surface area contributed by atoms with E-state index in [1.54, 1.807) is 38.2 Å². The number of hydrogen-bond acceptors (Lipinski definition) is 4. The van der Waals surface area contributed by atoms with Gasteiger partial charge in [0.05, 0.1) is 5.56 Å². The number of benzene rings is 2. The van der Waals surface area contributed by atoms with Crippen LogP contribution in [0.4, 0.5) is 0 Å². The van der Waals surface area contributed by atoms with Crippen molar-refractivity contribution in [3.8, 4) is 11.1 Å². The van der Waals surface area contributed by atoms with E-state index in [1.165, 1.54) is 11.6 Å². The van der Waals surface area contributed by atoms with Crippen LogP contribution in [0.2, 0.25) is 0 Å². The van der Waals surface area contributed by atoms with Crippen molar-refractivity contribution < 1.29 is 14.7 Å². The molecule has 0 aliphatic carbocycles. The van der Waals surface area contributed by atoms with Crippen LogP contribution in [0.3, 0.4) is 0 Å². The van der Waals surface area contributed by atoms with Gasteiger partial charge in [-0.3, -0.25) is 14.2 Å². The first-order valence-electron chi connectivity index (χ1n) is 11.0. The molecule has 0 fully saturated rings. The molecular weight excluding hydrogens is 434 g/mol. The van der Waals surface area contributed by atoms with E-state index in [2.05, 4.69) is 5.32 Å². The number of carboxylic acids is 1. The highest BCUT2D eigenvalue weighted by Crippen LogP contribution is 2.20. The van der Waals surface area contributed by atoms with Gasteiger partial charge < -0.3 is 15.0 Å². The van der Waals surface area contributed by atoms with Gasteiger partial charge in [0, 0.05) is 31.8 Å². The van der Waals surface area contributed by atoms with Crippen molar-refractivity contribution in [2.45, 2.75) is 39.7 Å². The third-order valence-electron chi connectivity index (χ3n) is 6.21. The first-order valence-corrected chi connectivity index (χ1v) is 11.0. The molecule has 3 rings (SSSR count). The number of rotatable bonds is 7. The largest absolute Gasteiger partial charge is 0.480 e. The third kappa shape index (κ3) is 4.71. The summed E-state index contributed by atoms with van der Waals surface area (Å²) < 4.78 is 2.47. The molecule has 1 heterocycles. The van der Waals surface area contributed by atoms with Crippen molar-refractivity contribution in [3.05, 3.63) is 91.3 Å². The Morgan fingerprint density at radius 3 is 2.24 bits per heavy atom. The summed E-state index contributed by atoms with van der Waals surface area (Å²) >= 11 is 0. The van der Waals surface area contributed by atoms with Crippen LogP contribution in [0, 0.1) is 13.8 Å². The summed E-state index contributed by atoms with van der Waals surface area (Å²) in [5.41, 5.74) is 3.63. The van der Waals surface area contributed by atoms with Crippen molar-refractivity contribution in [2.24, 2.45) is 14.1 Å². The Bertz CT molecular complexity index is 1370. The lowest BCUT2D eigenvalue weighted by molar-refractivity contribution is -0.139. The zero-order valence-electron chi connectivity index (χ0n) is 20.0. The topological polar surface area (TPSA) is 110 Å². The van der Waals surface area contributed by atoms with Gasteiger partial charge in [-0.2, -0.15) is 0 Å². The molecule has 0 aliphatic heterocycles. The van der Waals surface area contributed by atoms with Crippen molar-refractivity contribution in [1.29, 1.82) is 0 Å². The predicted octanol–water partition coefficient (Wildman–Crippen LogP) is 2.36. The fraction of sp³-hybridized carbons (Fsp3) is 0.308. The summed E-state index contributed by atoms with van der Waals surface area (Å²) in [6, 6.07) is 11.4. The van der Waals surface area contributed by atoms with E-state index in [4.69, 9.17) is 0 Å².